The molecule has 0 aliphatic carbocycles. The third kappa shape index (κ3) is 4.38. The van der Waals surface area contributed by atoms with Gasteiger partial charge in [0.15, 0.2) is 0 Å². The summed E-state index contributed by atoms with van der Waals surface area (Å²) in [5.41, 5.74) is 3.17. The third-order valence-corrected chi connectivity index (χ3v) is 5.81. The van der Waals surface area contributed by atoms with Crippen LogP contribution in [0.5, 0.6) is 0 Å². The van der Waals surface area contributed by atoms with Crippen LogP contribution in [0.2, 0.25) is 0 Å². The fourth-order valence-electron chi connectivity index (χ4n) is 3.56. The minimum Gasteiger partial charge on any atom is -0.350 e. The average molecular weight is 460 g/mol. The molecule has 3 aromatic rings. The van der Waals surface area contributed by atoms with Crippen LogP contribution in [0.1, 0.15) is 22.8 Å². The van der Waals surface area contributed by atoms with Crippen LogP contribution in [0.25, 0.3) is 0 Å². The van der Waals surface area contributed by atoms with E-state index in [1.165, 1.54) is 4.90 Å². The number of carbonyl (C=O) groups excluding carboxylic acids is 3. The van der Waals surface area contributed by atoms with Crippen molar-refractivity contribution < 1.29 is 14.4 Å². The number of nitrogens with one attached hydrogen (secondary N) is 1. The molecule has 166 valence electrons. The molecule has 0 aromatic heterocycles. The number of halogens is 1. The summed E-state index contributed by atoms with van der Waals surface area (Å²) in [6.45, 7) is 2.03. The Morgan fingerprint density at radius 3 is 2.30 bits per heavy atom. The Morgan fingerprint density at radius 1 is 0.939 bits per heavy atom. The highest BCUT2D eigenvalue weighted by molar-refractivity contribution is 6.53. The number of nitrogens with zero attached hydrogens (tertiary/aromatic N) is 2. The number of benzene rings is 3. The normalized spacial score (nSPS) is 13.5. The second kappa shape index (κ2) is 9.30. The Labute approximate surface area is 197 Å². The Kier molecular flexibility index (Phi) is 6.29. The van der Waals surface area contributed by atoms with Gasteiger partial charge in [-0.2, -0.15) is 0 Å². The number of para-hydroxylation sites is 1. The van der Waals surface area contributed by atoms with Crippen molar-refractivity contribution in [1.29, 1.82) is 0 Å². The molecule has 4 rings (SSSR count). The maximum atomic E-state index is 13.0. The predicted molar refractivity (Wildman–Crippen MR) is 130 cm³/mol. The molecule has 0 saturated heterocycles. The van der Waals surface area contributed by atoms with E-state index < -0.39 is 11.8 Å². The predicted octanol–water partition coefficient (Wildman–Crippen LogP) is 4.96. The SMILES string of the molecule is CCc1ccc(N2C(=O)C(Cl)=C(Nc3cccc(C(=O)N(C)c4ccccc4)c3)C2=O)cc1. The summed E-state index contributed by atoms with van der Waals surface area (Å²) < 4.78 is 0. The number of hydrogen-bond acceptors (Lipinski definition) is 4. The molecule has 1 N–H and O–H groups in total. The first kappa shape index (κ1) is 22.3. The van der Waals surface area contributed by atoms with Crippen molar-refractivity contribution in [2.75, 3.05) is 22.2 Å². The van der Waals surface area contributed by atoms with Gasteiger partial charge in [-0.1, -0.05) is 54.9 Å². The number of hydrogen-bond donors (Lipinski definition) is 1. The van der Waals surface area contributed by atoms with E-state index in [1.807, 2.05) is 49.4 Å². The van der Waals surface area contributed by atoms with Gasteiger partial charge in [0.1, 0.15) is 10.7 Å². The minimum atomic E-state index is -0.593. The second-order valence-corrected chi connectivity index (χ2v) is 7.94. The number of carbonyl (C=O) groups is 3. The monoisotopic (exact) mass is 459 g/mol. The van der Waals surface area contributed by atoms with Crippen LogP contribution in [-0.4, -0.2) is 24.8 Å². The molecule has 7 heteroatoms. The van der Waals surface area contributed by atoms with Crippen LogP contribution in [0.4, 0.5) is 17.1 Å². The van der Waals surface area contributed by atoms with Gasteiger partial charge in [0.05, 0.1) is 5.69 Å². The van der Waals surface area contributed by atoms with Crippen molar-refractivity contribution >= 4 is 46.4 Å². The van der Waals surface area contributed by atoms with Gasteiger partial charge in [-0.15, -0.1) is 0 Å². The molecular weight excluding hydrogens is 438 g/mol. The molecule has 1 aliphatic rings. The first-order chi connectivity index (χ1) is 15.9. The zero-order valence-electron chi connectivity index (χ0n) is 18.2. The van der Waals surface area contributed by atoms with Crippen LogP contribution in [0, 0.1) is 0 Å². The van der Waals surface area contributed by atoms with Crippen molar-refractivity contribution in [1.82, 2.24) is 0 Å². The van der Waals surface area contributed by atoms with Gasteiger partial charge >= 0.3 is 0 Å². The number of aryl methyl sites for hydroxylation is 1. The Morgan fingerprint density at radius 2 is 1.64 bits per heavy atom. The number of amides is 3. The summed E-state index contributed by atoms with van der Waals surface area (Å²) in [6.07, 6.45) is 0.850. The highest BCUT2D eigenvalue weighted by atomic mass is 35.5. The molecule has 1 heterocycles. The molecule has 0 spiro atoms. The maximum absolute atomic E-state index is 13.0. The van der Waals surface area contributed by atoms with Crippen LogP contribution in [-0.2, 0) is 16.0 Å². The number of imide groups is 1. The van der Waals surface area contributed by atoms with E-state index in [2.05, 4.69) is 5.32 Å². The number of anilines is 3. The van der Waals surface area contributed by atoms with Crippen molar-refractivity contribution in [3.63, 3.8) is 0 Å². The van der Waals surface area contributed by atoms with Gasteiger partial charge in [-0.25, -0.2) is 4.90 Å². The summed E-state index contributed by atoms with van der Waals surface area (Å²) in [4.78, 5) is 41.2. The van der Waals surface area contributed by atoms with Crippen molar-refractivity contribution in [3.8, 4) is 0 Å². The molecule has 0 atom stereocenters. The zero-order valence-corrected chi connectivity index (χ0v) is 19.0. The highest BCUT2D eigenvalue weighted by Gasteiger charge is 2.39. The average Bonchev–Trinajstić information content (AvgIpc) is 3.07. The van der Waals surface area contributed by atoms with Gasteiger partial charge in [-0.05, 0) is 54.4 Å². The molecule has 33 heavy (non-hydrogen) atoms. The largest absolute Gasteiger partial charge is 0.350 e. The lowest BCUT2D eigenvalue weighted by atomic mass is 10.1. The molecule has 0 unspecified atom stereocenters. The first-order valence-electron chi connectivity index (χ1n) is 10.5. The van der Waals surface area contributed by atoms with Crippen LogP contribution >= 0.6 is 11.6 Å². The van der Waals surface area contributed by atoms with Crippen molar-refractivity contribution in [2.45, 2.75) is 13.3 Å². The van der Waals surface area contributed by atoms with E-state index in [0.29, 0.717) is 16.9 Å². The van der Waals surface area contributed by atoms with E-state index in [1.54, 1.807) is 43.4 Å². The van der Waals surface area contributed by atoms with E-state index in [9.17, 15) is 14.4 Å². The van der Waals surface area contributed by atoms with Gasteiger partial charge in [0.2, 0.25) is 0 Å². The lowest BCUT2D eigenvalue weighted by Gasteiger charge is -2.18. The molecule has 0 saturated carbocycles. The summed E-state index contributed by atoms with van der Waals surface area (Å²) in [5, 5.41) is 2.74. The number of rotatable bonds is 6. The fourth-order valence-corrected chi connectivity index (χ4v) is 3.78. The molecule has 6 nitrogen and oxygen atoms in total. The maximum Gasteiger partial charge on any atom is 0.283 e. The van der Waals surface area contributed by atoms with Crippen LogP contribution in [0.15, 0.2) is 89.6 Å². The Hall–Kier alpha value is -3.90. The van der Waals surface area contributed by atoms with Crippen molar-refractivity contribution in [2.24, 2.45) is 0 Å². The van der Waals surface area contributed by atoms with Gasteiger partial charge in [-0.3, -0.25) is 14.4 Å². The molecule has 1 aliphatic heterocycles. The fraction of sp³-hybridized carbons (Fsp3) is 0.115. The minimum absolute atomic E-state index is 0.0257. The quantitative estimate of drug-likeness (QED) is 0.529. The van der Waals surface area contributed by atoms with Gasteiger partial charge < -0.3 is 10.2 Å². The summed E-state index contributed by atoms with van der Waals surface area (Å²) >= 11 is 6.24. The second-order valence-electron chi connectivity index (χ2n) is 7.56. The molecule has 0 fully saturated rings. The summed E-state index contributed by atoms with van der Waals surface area (Å²) in [7, 11) is 1.69. The van der Waals surface area contributed by atoms with Crippen molar-refractivity contribution in [3.05, 3.63) is 101 Å². The van der Waals surface area contributed by atoms with E-state index in [-0.39, 0.29) is 16.6 Å². The Bertz CT molecular complexity index is 1250. The lowest BCUT2D eigenvalue weighted by Crippen LogP contribution is -2.32. The van der Waals surface area contributed by atoms with E-state index in [4.69, 9.17) is 11.6 Å². The van der Waals surface area contributed by atoms with Gasteiger partial charge in [0, 0.05) is 24.0 Å². The van der Waals surface area contributed by atoms with Crippen LogP contribution < -0.4 is 15.1 Å². The highest BCUT2D eigenvalue weighted by Crippen LogP contribution is 2.30. The van der Waals surface area contributed by atoms with E-state index in [0.717, 1.165) is 22.6 Å². The van der Waals surface area contributed by atoms with Crippen LogP contribution in [0.3, 0.4) is 0 Å². The molecule has 3 aromatic carbocycles. The molecule has 0 bridgehead atoms. The lowest BCUT2D eigenvalue weighted by molar-refractivity contribution is -0.120. The molecule has 3 amide bonds. The summed E-state index contributed by atoms with van der Waals surface area (Å²) in [6, 6.07) is 23.2. The smallest absolute Gasteiger partial charge is 0.283 e. The van der Waals surface area contributed by atoms with E-state index >= 15 is 0 Å². The van der Waals surface area contributed by atoms with Gasteiger partial charge in [0.25, 0.3) is 17.7 Å². The molecular formula is C26H22ClN3O3. The zero-order chi connectivity index (χ0) is 23.5. The first-order valence-corrected chi connectivity index (χ1v) is 10.9. The topological polar surface area (TPSA) is 69.7 Å². The third-order valence-electron chi connectivity index (χ3n) is 5.46. The standard InChI is InChI=1S/C26H22ClN3O3/c1-3-17-12-14-21(15-13-17)30-25(32)22(27)23(26(30)33)28-19-9-7-8-18(16-19)24(31)29(2)20-10-5-4-6-11-20/h4-16,28H,3H2,1-2H3. The molecule has 0 radical (unpaired) electrons. The summed E-state index contributed by atoms with van der Waals surface area (Å²) in [5.74, 6) is -1.35. The Balaban J connectivity index is 1.55.